The highest BCUT2D eigenvalue weighted by Gasteiger charge is 2.20. The van der Waals surface area contributed by atoms with E-state index in [4.69, 9.17) is 11.6 Å². The number of nitrogens with zero attached hydrogens (tertiary/aromatic N) is 2. The molecular weight excluding hydrogens is 316 g/mol. The second-order valence-electron chi connectivity index (χ2n) is 3.87. The minimum atomic E-state index is -0.113. The molecule has 94 valence electrons. The monoisotopic (exact) mass is 326 g/mol. The molecule has 0 radical (unpaired) electrons. The number of carbonyl (C=O) groups is 1. The Morgan fingerprint density at radius 1 is 1.44 bits per heavy atom. The predicted molar refractivity (Wildman–Crippen MR) is 75.1 cm³/mol. The van der Waals surface area contributed by atoms with Gasteiger partial charge in [-0.2, -0.15) is 5.10 Å². The number of benzene rings is 1. The molecule has 0 aliphatic carbocycles. The van der Waals surface area contributed by atoms with Gasteiger partial charge in [0.2, 0.25) is 5.78 Å². The third-order valence-corrected chi connectivity index (χ3v) is 3.53. The zero-order valence-electron chi connectivity index (χ0n) is 9.86. The van der Waals surface area contributed by atoms with Gasteiger partial charge in [-0.05, 0) is 18.6 Å². The standard InChI is InChI=1S/C13H12BrClN2O/c1-2-7-17-12(11(15)8-16-17)13(18)9-5-3-4-6-10(9)14/h3-6,8H,2,7H2,1H3. The fourth-order valence-corrected chi connectivity index (χ4v) is 2.43. The number of hydrogen-bond acceptors (Lipinski definition) is 2. The van der Waals surface area contributed by atoms with Crippen LogP contribution in [-0.4, -0.2) is 15.6 Å². The van der Waals surface area contributed by atoms with E-state index in [2.05, 4.69) is 21.0 Å². The Morgan fingerprint density at radius 3 is 2.83 bits per heavy atom. The van der Waals surface area contributed by atoms with Gasteiger partial charge in [0.05, 0.1) is 11.2 Å². The van der Waals surface area contributed by atoms with Crippen LogP contribution >= 0.6 is 27.5 Å². The first-order valence-electron chi connectivity index (χ1n) is 5.65. The first-order chi connectivity index (χ1) is 8.65. The molecular formula is C13H12BrClN2O. The first kappa shape index (κ1) is 13.3. The number of ketones is 1. The molecule has 0 bridgehead atoms. The highest BCUT2D eigenvalue weighted by Crippen LogP contribution is 2.24. The Balaban J connectivity index is 2.46. The summed E-state index contributed by atoms with van der Waals surface area (Å²) in [5.74, 6) is -0.113. The van der Waals surface area contributed by atoms with Crippen LogP contribution in [-0.2, 0) is 6.54 Å². The number of halogens is 2. The van der Waals surface area contributed by atoms with Crippen LogP contribution in [0, 0.1) is 0 Å². The van der Waals surface area contributed by atoms with Gasteiger partial charge >= 0.3 is 0 Å². The summed E-state index contributed by atoms with van der Waals surface area (Å²) in [6.45, 7) is 2.71. The molecule has 0 N–H and O–H groups in total. The van der Waals surface area contributed by atoms with Crippen molar-refractivity contribution in [1.82, 2.24) is 9.78 Å². The Hall–Kier alpha value is -1.13. The van der Waals surface area contributed by atoms with Crippen molar-refractivity contribution in [1.29, 1.82) is 0 Å². The van der Waals surface area contributed by atoms with E-state index in [-0.39, 0.29) is 5.78 Å². The fourth-order valence-electron chi connectivity index (χ4n) is 1.74. The Bertz CT molecular complexity index is 580. The van der Waals surface area contributed by atoms with Crippen molar-refractivity contribution in [2.24, 2.45) is 0 Å². The molecule has 5 heteroatoms. The average Bonchev–Trinajstić information content (AvgIpc) is 2.71. The van der Waals surface area contributed by atoms with E-state index < -0.39 is 0 Å². The van der Waals surface area contributed by atoms with Gasteiger partial charge in [-0.1, -0.05) is 46.6 Å². The molecule has 0 amide bonds. The lowest BCUT2D eigenvalue weighted by Gasteiger charge is -2.07. The summed E-state index contributed by atoms with van der Waals surface area (Å²) >= 11 is 9.44. The van der Waals surface area contributed by atoms with Gasteiger partial charge in [0.15, 0.2) is 0 Å². The highest BCUT2D eigenvalue weighted by atomic mass is 79.9. The number of hydrogen-bond donors (Lipinski definition) is 0. The number of carbonyl (C=O) groups excluding carboxylic acids is 1. The molecule has 1 aromatic carbocycles. The van der Waals surface area contributed by atoms with Crippen molar-refractivity contribution in [2.45, 2.75) is 19.9 Å². The summed E-state index contributed by atoms with van der Waals surface area (Å²) in [4.78, 5) is 12.5. The molecule has 0 atom stereocenters. The van der Waals surface area contributed by atoms with E-state index in [9.17, 15) is 4.79 Å². The molecule has 1 aromatic heterocycles. The van der Waals surface area contributed by atoms with E-state index in [1.165, 1.54) is 6.20 Å². The van der Waals surface area contributed by atoms with Gasteiger partial charge in [-0.3, -0.25) is 9.48 Å². The molecule has 1 heterocycles. The van der Waals surface area contributed by atoms with Gasteiger partial charge in [0, 0.05) is 16.6 Å². The smallest absolute Gasteiger partial charge is 0.213 e. The maximum absolute atomic E-state index is 12.5. The minimum absolute atomic E-state index is 0.113. The van der Waals surface area contributed by atoms with Crippen molar-refractivity contribution >= 4 is 33.3 Å². The van der Waals surface area contributed by atoms with E-state index in [1.807, 2.05) is 25.1 Å². The van der Waals surface area contributed by atoms with Crippen molar-refractivity contribution in [3.8, 4) is 0 Å². The molecule has 2 rings (SSSR count). The van der Waals surface area contributed by atoms with Crippen LogP contribution in [0.1, 0.15) is 29.4 Å². The van der Waals surface area contributed by atoms with E-state index in [1.54, 1.807) is 10.7 Å². The van der Waals surface area contributed by atoms with Gasteiger partial charge in [0.25, 0.3) is 0 Å². The molecule has 2 aromatic rings. The molecule has 0 saturated carbocycles. The molecule has 0 saturated heterocycles. The van der Waals surface area contributed by atoms with Crippen LogP contribution in [0.2, 0.25) is 5.02 Å². The summed E-state index contributed by atoms with van der Waals surface area (Å²) in [5, 5.41) is 4.52. The largest absolute Gasteiger partial charge is 0.287 e. The number of aryl methyl sites for hydroxylation is 1. The Morgan fingerprint density at radius 2 is 2.17 bits per heavy atom. The lowest BCUT2D eigenvalue weighted by Crippen LogP contribution is -2.12. The fraction of sp³-hybridized carbons (Fsp3) is 0.231. The molecule has 0 aliphatic heterocycles. The number of aromatic nitrogens is 2. The van der Waals surface area contributed by atoms with E-state index >= 15 is 0 Å². The topological polar surface area (TPSA) is 34.9 Å². The van der Waals surface area contributed by atoms with Crippen LogP contribution in [0.5, 0.6) is 0 Å². The summed E-state index contributed by atoms with van der Waals surface area (Å²) in [6, 6.07) is 7.30. The SMILES string of the molecule is CCCn1ncc(Cl)c1C(=O)c1ccccc1Br. The zero-order valence-corrected chi connectivity index (χ0v) is 12.2. The lowest BCUT2D eigenvalue weighted by molar-refractivity contribution is 0.102. The maximum atomic E-state index is 12.5. The Kier molecular flexibility index (Phi) is 4.19. The predicted octanol–water partition coefficient (Wildman–Crippen LogP) is 3.94. The summed E-state index contributed by atoms with van der Waals surface area (Å²) in [7, 11) is 0. The Labute approximate surface area is 119 Å². The average molecular weight is 328 g/mol. The first-order valence-corrected chi connectivity index (χ1v) is 6.82. The van der Waals surface area contributed by atoms with Crippen molar-refractivity contribution in [3.05, 3.63) is 51.2 Å². The molecule has 0 unspecified atom stereocenters. The van der Waals surface area contributed by atoms with Gasteiger partial charge < -0.3 is 0 Å². The maximum Gasteiger partial charge on any atom is 0.213 e. The second kappa shape index (κ2) is 5.67. The second-order valence-corrected chi connectivity index (χ2v) is 5.13. The van der Waals surface area contributed by atoms with Gasteiger partial charge in [-0.15, -0.1) is 0 Å². The quantitative estimate of drug-likeness (QED) is 0.797. The van der Waals surface area contributed by atoms with Crippen LogP contribution in [0.25, 0.3) is 0 Å². The van der Waals surface area contributed by atoms with Crippen LogP contribution in [0.4, 0.5) is 0 Å². The lowest BCUT2D eigenvalue weighted by atomic mass is 10.1. The normalized spacial score (nSPS) is 10.6. The van der Waals surface area contributed by atoms with Crippen molar-refractivity contribution < 1.29 is 4.79 Å². The third-order valence-electron chi connectivity index (χ3n) is 2.56. The highest BCUT2D eigenvalue weighted by molar-refractivity contribution is 9.10. The zero-order chi connectivity index (χ0) is 13.1. The van der Waals surface area contributed by atoms with Crippen molar-refractivity contribution in [3.63, 3.8) is 0 Å². The minimum Gasteiger partial charge on any atom is -0.287 e. The van der Waals surface area contributed by atoms with Gasteiger partial charge in [0.1, 0.15) is 5.69 Å². The summed E-state index contributed by atoms with van der Waals surface area (Å²) in [6.07, 6.45) is 2.41. The number of rotatable bonds is 4. The van der Waals surface area contributed by atoms with Crippen LogP contribution < -0.4 is 0 Å². The summed E-state index contributed by atoms with van der Waals surface area (Å²) < 4.78 is 2.42. The van der Waals surface area contributed by atoms with Crippen LogP contribution in [0.15, 0.2) is 34.9 Å². The van der Waals surface area contributed by atoms with E-state index in [0.29, 0.717) is 22.8 Å². The molecule has 3 nitrogen and oxygen atoms in total. The van der Waals surface area contributed by atoms with E-state index in [0.717, 1.165) is 10.9 Å². The van der Waals surface area contributed by atoms with Crippen LogP contribution in [0.3, 0.4) is 0 Å². The molecule has 0 spiro atoms. The molecule has 0 fully saturated rings. The molecule has 18 heavy (non-hydrogen) atoms. The molecule has 0 aliphatic rings. The summed E-state index contributed by atoms with van der Waals surface area (Å²) in [5.41, 5.74) is 1.04. The van der Waals surface area contributed by atoms with Gasteiger partial charge in [-0.25, -0.2) is 0 Å². The van der Waals surface area contributed by atoms with Crippen molar-refractivity contribution in [2.75, 3.05) is 0 Å². The third kappa shape index (κ3) is 2.49.